The summed E-state index contributed by atoms with van der Waals surface area (Å²) >= 11 is 11.4. The van der Waals surface area contributed by atoms with E-state index >= 15 is 0 Å². The topological polar surface area (TPSA) is 35.2 Å². The van der Waals surface area contributed by atoms with Gasteiger partial charge in [0.2, 0.25) is 0 Å². The molecule has 3 rings (SSSR count). The zero-order valence-corrected chi connectivity index (χ0v) is 13.3. The molecule has 0 unspecified atom stereocenters. The van der Waals surface area contributed by atoms with Crippen LogP contribution in [0.2, 0.25) is 5.02 Å². The van der Waals surface area contributed by atoms with Gasteiger partial charge in [0, 0.05) is 10.6 Å². The lowest BCUT2D eigenvalue weighted by Gasteiger charge is -2.14. The summed E-state index contributed by atoms with van der Waals surface area (Å²) in [4.78, 5) is 0.325. The fourth-order valence-electron chi connectivity index (χ4n) is 2.40. The minimum atomic E-state index is 0.325. The number of rotatable bonds is 4. The van der Waals surface area contributed by atoms with Gasteiger partial charge in [0.1, 0.15) is 17.3 Å². The fourth-order valence-corrected chi connectivity index (χ4v) is 2.80. The van der Waals surface area contributed by atoms with Crippen LogP contribution < -0.4 is 10.5 Å². The molecule has 0 spiro atoms. The van der Waals surface area contributed by atoms with E-state index in [-0.39, 0.29) is 0 Å². The highest BCUT2D eigenvalue weighted by Gasteiger charge is 2.12. The first-order chi connectivity index (χ1) is 10.7. The fraction of sp³-hybridized carbons (Fsp3) is 0.0556. The second-order valence-corrected chi connectivity index (χ2v) is 5.75. The van der Waals surface area contributed by atoms with Gasteiger partial charge in [-0.15, -0.1) is 0 Å². The van der Waals surface area contributed by atoms with Crippen LogP contribution in [0.1, 0.15) is 11.1 Å². The Morgan fingerprint density at radius 2 is 1.73 bits per heavy atom. The smallest absolute Gasteiger partial charge is 0.130 e. The number of hydrogen-bond acceptors (Lipinski definition) is 2. The summed E-state index contributed by atoms with van der Waals surface area (Å²) in [6.45, 7) is 0.369. The maximum absolute atomic E-state index is 6.16. The molecule has 110 valence electrons. The lowest BCUT2D eigenvalue weighted by molar-refractivity contribution is 0.306. The molecule has 0 aliphatic rings. The van der Waals surface area contributed by atoms with E-state index in [1.54, 1.807) is 0 Å². The third-order valence-electron chi connectivity index (χ3n) is 3.48. The van der Waals surface area contributed by atoms with E-state index in [4.69, 9.17) is 34.3 Å². The van der Waals surface area contributed by atoms with Gasteiger partial charge in [-0.25, -0.2) is 0 Å². The molecular formula is C18H14ClNOS. The van der Waals surface area contributed by atoms with E-state index in [0.29, 0.717) is 22.4 Å². The van der Waals surface area contributed by atoms with Crippen LogP contribution in [0.3, 0.4) is 0 Å². The Balaban J connectivity index is 1.98. The number of nitrogens with two attached hydrogens (primary N) is 1. The van der Waals surface area contributed by atoms with Gasteiger partial charge in [-0.3, -0.25) is 0 Å². The molecular weight excluding hydrogens is 314 g/mol. The average Bonchev–Trinajstić information content (AvgIpc) is 2.53. The first-order valence-electron chi connectivity index (χ1n) is 6.84. The molecule has 0 saturated heterocycles. The maximum Gasteiger partial charge on any atom is 0.130 e. The van der Waals surface area contributed by atoms with E-state index in [9.17, 15) is 0 Å². The normalized spacial score (nSPS) is 10.6. The molecule has 0 amide bonds. The zero-order valence-electron chi connectivity index (χ0n) is 11.8. The van der Waals surface area contributed by atoms with E-state index in [2.05, 4.69) is 0 Å². The Kier molecular flexibility index (Phi) is 4.27. The molecule has 4 heteroatoms. The Labute approximate surface area is 139 Å². The standard InChI is InChI=1S/C18H14ClNOS/c19-15-8-4-2-6-13(15)11-21-16-10-9-12-5-1-3-7-14(12)17(16)18(20)22/h1-10H,11H2,(H2,20,22). The van der Waals surface area contributed by atoms with Crippen molar-refractivity contribution < 1.29 is 4.74 Å². The van der Waals surface area contributed by atoms with Crippen LogP contribution in [0.25, 0.3) is 10.8 Å². The average molecular weight is 328 g/mol. The van der Waals surface area contributed by atoms with E-state index in [1.807, 2.05) is 60.7 Å². The molecule has 2 nitrogen and oxygen atoms in total. The summed E-state index contributed by atoms with van der Waals surface area (Å²) in [5.74, 6) is 0.672. The number of thiocarbonyl (C=S) groups is 1. The first-order valence-corrected chi connectivity index (χ1v) is 7.63. The van der Waals surface area contributed by atoms with Gasteiger partial charge in [0.15, 0.2) is 0 Å². The zero-order chi connectivity index (χ0) is 15.5. The van der Waals surface area contributed by atoms with Crippen molar-refractivity contribution in [2.24, 2.45) is 5.73 Å². The molecule has 22 heavy (non-hydrogen) atoms. The Hall–Kier alpha value is -2.10. The van der Waals surface area contributed by atoms with Crippen molar-refractivity contribution in [2.75, 3.05) is 0 Å². The van der Waals surface area contributed by atoms with Crippen molar-refractivity contribution in [2.45, 2.75) is 6.61 Å². The monoisotopic (exact) mass is 327 g/mol. The number of benzene rings is 3. The van der Waals surface area contributed by atoms with Gasteiger partial charge < -0.3 is 10.5 Å². The quantitative estimate of drug-likeness (QED) is 0.705. The Morgan fingerprint density at radius 1 is 1.00 bits per heavy atom. The third kappa shape index (κ3) is 2.91. The van der Waals surface area contributed by atoms with Crippen molar-refractivity contribution in [1.82, 2.24) is 0 Å². The van der Waals surface area contributed by atoms with Crippen molar-refractivity contribution >= 4 is 39.6 Å². The maximum atomic E-state index is 6.16. The van der Waals surface area contributed by atoms with Gasteiger partial charge in [-0.1, -0.05) is 72.3 Å². The van der Waals surface area contributed by atoms with Crippen LogP contribution in [0.15, 0.2) is 60.7 Å². The van der Waals surface area contributed by atoms with Crippen LogP contribution in [0, 0.1) is 0 Å². The highest BCUT2D eigenvalue weighted by atomic mass is 35.5. The van der Waals surface area contributed by atoms with Gasteiger partial charge in [-0.2, -0.15) is 0 Å². The molecule has 0 heterocycles. The van der Waals surface area contributed by atoms with Crippen molar-refractivity contribution in [3.8, 4) is 5.75 Å². The minimum absolute atomic E-state index is 0.325. The molecule has 0 radical (unpaired) electrons. The number of halogens is 1. The molecule has 0 fully saturated rings. The van der Waals surface area contributed by atoms with Crippen molar-refractivity contribution in [3.05, 3.63) is 76.8 Å². The predicted octanol–water partition coefficient (Wildman–Crippen LogP) is 4.71. The van der Waals surface area contributed by atoms with Crippen molar-refractivity contribution in [3.63, 3.8) is 0 Å². The van der Waals surface area contributed by atoms with E-state index in [0.717, 1.165) is 21.9 Å². The molecule has 0 aliphatic heterocycles. The van der Waals surface area contributed by atoms with Gasteiger partial charge in [0.25, 0.3) is 0 Å². The number of fused-ring (bicyclic) bond motifs is 1. The summed E-state index contributed by atoms with van der Waals surface area (Å²) in [7, 11) is 0. The highest BCUT2D eigenvalue weighted by molar-refractivity contribution is 7.80. The first kappa shape index (κ1) is 14.8. The van der Waals surface area contributed by atoms with Gasteiger partial charge >= 0.3 is 0 Å². The molecule has 3 aromatic rings. The summed E-state index contributed by atoms with van der Waals surface area (Å²) in [6, 6.07) is 19.5. The summed E-state index contributed by atoms with van der Waals surface area (Å²) in [5, 5.41) is 2.75. The predicted molar refractivity (Wildman–Crippen MR) is 95.6 cm³/mol. The van der Waals surface area contributed by atoms with Crippen LogP contribution in [-0.2, 0) is 6.61 Å². The molecule has 0 bridgehead atoms. The molecule has 0 atom stereocenters. The lowest BCUT2D eigenvalue weighted by Crippen LogP contribution is -2.12. The van der Waals surface area contributed by atoms with E-state index in [1.165, 1.54) is 0 Å². The third-order valence-corrected chi connectivity index (χ3v) is 4.05. The second kappa shape index (κ2) is 6.34. The van der Waals surface area contributed by atoms with Crippen molar-refractivity contribution in [1.29, 1.82) is 0 Å². The van der Waals surface area contributed by atoms with Gasteiger partial charge in [-0.05, 0) is 22.9 Å². The molecule has 0 saturated carbocycles. The Bertz CT molecular complexity index is 847. The molecule has 3 aromatic carbocycles. The van der Waals surface area contributed by atoms with Gasteiger partial charge in [0.05, 0.1) is 5.56 Å². The molecule has 0 aromatic heterocycles. The Morgan fingerprint density at radius 3 is 2.50 bits per heavy atom. The summed E-state index contributed by atoms with van der Waals surface area (Å²) < 4.78 is 5.92. The largest absolute Gasteiger partial charge is 0.488 e. The minimum Gasteiger partial charge on any atom is -0.488 e. The number of ether oxygens (including phenoxy) is 1. The summed E-state index contributed by atoms with van der Waals surface area (Å²) in [5.41, 5.74) is 7.59. The number of hydrogen-bond donors (Lipinski definition) is 1. The SMILES string of the molecule is NC(=S)c1c(OCc2ccccc2Cl)ccc2ccccc12. The van der Waals surface area contributed by atoms with Crippen LogP contribution >= 0.6 is 23.8 Å². The lowest BCUT2D eigenvalue weighted by atomic mass is 10.0. The summed E-state index contributed by atoms with van der Waals surface area (Å²) in [6.07, 6.45) is 0. The van der Waals surface area contributed by atoms with E-state index < -0.39 is 0 Å². The second-order valence-electron chi connectivity index (χ2n) is 4.90. The molecule has 0 aliphatic carbocycles. The van der Waals surface area contributed by atoms with Crippen LogP contribution in [0.4, 0.5) is 0 Å². The highest BCUT2D eigenvalue weighted by Crippen LogP contribution is 2.29. The molecule has 2 N–H and O–H groups in total. The van der Waals surface area contributed by atoms with Crippen LogP contribution in [-0.4, -0.2) is 4.99 Å². The van der Waals surface area contributed by atoms with Crippen LogP contribution in [0.5, 0.6) is 5.75 Å².